The summed E-state index contributed by atoms with van der Waals surface area (Å²) in [5.74, 6) is -4.69. The summed E-state index contributed by atoms with van der Waals surface area (Å²) >= 11 is 0. The van der Waals surface area contributed by atoms with Crippen LogP contribution in [-0.2, 0) is 30.4 Å². The number of likely N-dealkylation sites (tertiary alicyclic amines) is 1. The van der Waals surface area contributed by atoms with Gasteiger partial charge in [0.2, 0.25) is 17.7 Å². The Morgan fingerprint density at radius 1 is 1.03 bits per heavy atom. The summed E-state index contributed by atoms with van der Waals surface area (Å²) in [6, 6.07) is 1.34. The third-order valence-corrected chi connectivity index (χ3v) is 5.88. The van der Waals surface area contributed by atoms with Crippen LogP contribution in [0.4, 0.5) is 0 Å². The van der Waals surface area contributed by atoms with Crippen LogP contribution in [0.5, 0.6) is 5.75 Å². The molecule has 7 N–H and O–H groups in total. The largest absolute Gasteiger partial charge is 0.508 e. The number of hydrogen-bond donors (Lipinski definition) is 6. The number of carbonyl (C=O) groups excluding carboxylic acids is 3. The molecule has 1 aromatic rings. The van der Waals surface area contributed by atoms with E-state index >= 15 is 0 Å². The molecule has 1 fully saturated rings. The number of nitrogens with two attached hydrogens (primary N) is 1. The number of carboxylic acids is 2. The van der Waals surface area contributed by atoms with Crippen LogP contribution in [-0.4, -0.2) is 80.6 Å². The number of carbonyl (C=O) groups is 5. The molecule has 0 saturated carbocycles. The van der Waals surface area contributed by atoms with E-state index in [2.05, 4.69) is 10.6 Å². The number of rotatable bonds is 12. The van der Waals surface area contributed by atoms with Crippen molar-refractivity contribution in [1.82, 2.24) is 15.5 Å². The van der Waals surface area contributed by atoms with Crippen LogP contribution in [0.3, 0.4) is 0 Å². The number of hydrogen-bond acceptors (Lipinski definition) is 7. The number of phenolic OH excluding ortho intramolecular Hbond substituents is 1. The normalized spacial score (nSPS) is 17.8. The summed E-state index contributed by atoms with van der Waals surface area (Å²) in [7, 11) is 0. The highest BCUT2D eigenvalue weighted by molar-refractivity contribution is 5.95. The molecule has 0 aliphatic carbocycles. The smallest absolute Gasteiger partial charge is 0.326 e. The lowest BCUT2D eigenvalue weighted by molar-refractivity contribution is -0.150. The van der Waals surface area contributed by atoms with Crippen molar-refractivity contribution < 1.29 is 39.3 Å². The number of carboxylic acid groups (broad SMARTS) is 2. The van der Waals surface area contributed by atoms with E-state index in [0.29, 0.717) is 18.4 Å². The fourth-order valence-electron chi connectivity index (χ4n) is 4.09. The number of benzene rings is 1. The van der Waals surface area contributed by atoms with E-state index in [4.69, 9.17) is 5.73 Å². The second kappa shape index (κ2) is 12.9. The Balaban J connectivity index is 2.13. The molecule has 12 nitrogen and oxygen atoms in total. The van der Waals surface area contributed by atoms with Gasteiger partial charge >= 0.3 is 11.9 Å². The molecular formula is C24H34N4O8. The van der Waals surface area contributed by atoms with Gasteiger partial charge in [0, 0.05) is 6.54 Å². The molecule has 1 aromatic carbocycles. The average molecular weight is 507 g/mol. The molecule has 1 saturated heterocycles. The van der Waals surface area contributed by atoms with E-state index in [-0.39, 0.29) is 31.1 Å². The summed E-state index contributed by atoms with van der Waals surface area (Å²) in [4.78, 5) is 62.9. The zero-order valence-corrected chi connectivity index (χ0v) is 20.3. The molecule has 4 atom stereocenters. The maximum atomic E-state index is 13.1. The molecule has 198 valence electrons. The number of amides is 3. The minimum absolute atomic E-state index is 0.0450. The summed E-state index contributed by atoms with van der Waals surface area (Å²) in [5, 5.41) is 32.9. The van der Waals surface area contributed by atoms with E-state index in [1.807, 2.05) is 13.8 Å². The molecule has 0 bridgehead atoms. The quantitative estimate of drug-likeness (QED) is 0.223. The highest BCUT2D eigenvalue weighted by atomic mass is 16.4. The van der Waals surface area contributed by atoms with Gasteiger partial charge in [-0.1, -0.05) is 26.0 Å². The highest BCUT2D eigenvalue weighted by Crippen LogP contribution is 2.20. The molecule has 2 rings (SSSR count). The first-order valence-electron chi connectivity index (χ1n) is 11.8. The zero-order chi connectivity index (χ0) is 27.0. The van der Waals surface area contributed by atoms with Crippen molar-refractivity contribution >= 4 is 29.7 Å². The van der Waals surface area contributed by atoms with Gasteiger partial charge in [0.15, 0.2) is 0 Å². The van der Waals surface area contributed by atoms with Crippen molar-refractivity contribution in [3.8, 4) is 5.75 Å². The number of aliphatic carboxylic acids is 2. The van der Waals surface area contributed by atoms with E-state index in [1.165, 1.54) is 17.0 Å². The van der Waals surface area contributed by atoms with Gasteiger partial charge in [0.05, 0.1) is 12.5 Å². The highest BCUT2D eigenvalue weighted by Gasteiger charge is 2.38. The fourth-order valence-corrected chi connectivity index (χ4v) is 4.09. The van der Waals surface area contributed by atoms with Crippen LogP contribution in [0, 0.1) is 5.92 Å². The van der Waals surface area contributed by atoms with Gasteiger partial charge < -0.3 is 36.6 Å². The molecule has 1 heterocycles. The lowest BCUT2D eigenvalue weighted by atomic mass is 10.0. The first-order chi connectivity index (χ1) is 16.9. The molecule has 0 spiro atoms. The van der Waals surface area contributed by atoms with Gasteiger partial charge in [0.1, 0.15) is 23.9 Å². The molecule has 12 heteroatoms. The number of aromatic hydroxyl groups is 1. The van der Waals surface area contributed by atoms with Gasteiger partial charge in [-0.05, 0) is 49.3 Å². The molecule has 0 aromatic heterocycles. The Labute approximate surface area is 208 Å². The van der Waals surface area contributed by atoms with Crippen LogP contribution in [0.2, 0.25) is 0 Å². The van der Waals surface area contributed by atoms with E-state index in [1.54, 1.807) is 12.1 Å². The predicted molar refractivity (Wildman–Crippen MR) is 128 cm³/mol. The third kappa shape index (κ3) is 8.22. The van der Waals surface area contributed by atoms with E-state index in [9.17, 15) is 39.3 Å². The zero-order valence-electron chi connectivity index (χ0n) is 20.3. The van der Waals surface area contributed by atoms with Crippen LogP contribution < -0.4 is 16.4 Å². The maximum absolute atomic E-state index is 13.1. The number of phenols is 1. The third-order valence-electron chi connectivity index (χ3n) is 5.88. The second-order valence-electron chi connectivity index (χ2n) is 9.35. The minimum Gasteiger partial charge on any atom is -0.508 e. The summed E-state index contributed by atoms with van der Waals surface area (Å²) < 4.78 is 0. The molecule has 4 unspecified atom stereocenters. The Bertz CT molecular complexity index is 965. The van der Waals surface area contributed by atoms with Crippen LogP contribution in [0.1, 0.15) is 45.1 Å². The van der Waals surface area contributed by atoms with Crippen LogP contribution >= 0.6 is 0 Å². The van der Waals surface area contributed by atoms with Crippen LogP contribution in [0.25, 0.3) is 0 Å². The molecular weight excluding hydrogens is 472 g/mol. The van der Waals surface area contributed by atoms with E-state index in [0.717, 1.165) is 0 Å². The fraction of sp³-hybridized carbons (Fsp3) is 0.542. The summed E-state index contributed by atoms with van der Waals surface area (Å²) in [5.41, 5.74) is 6.59. The van der Waals surface area contributed by atoms with Gasteiger partial charge in [-0.15, -0.1) is 0 Å². The molecule has 1 aliphatic rings. The van der Waals surface area contributed by atoms with Crippen molar-refractivity contribution in [2.75, 3.05) is 6.54 Å². The van der Waals surface area contributed by atoms with Gasteiger partial charge in [-0.25, -0.2) is 4.79 Å². The topological polar surface area (TPSA) is 199 Å². The van der Waals surface area contributed by atoms with E-state index < -0.39 is 60.2 Å². The van der Waals surface area contributed by atoms with Crippen LogP contribution in [0.15, 0.2) is 24.3 Å². The number of nitrogens with zero attached hydrogens (tertiary/aromatic N) is 1. The van der Waals surface area contributed by atoms with Gasteiger partial charge in [-0.3, -0.25) is 19.2 Å². The SMILES string of the molecule is CC(C)CC(NC(=O)C(CC(=O)O)NC(=O)C(N)Cc1ccc(O)cc1)C(=O)N1CCCC1C(=O)O. The van der Waals surface area contributed by atoms with Gasteiger partial charge in [0.25, 0.3) is 0 Å². The van der Waals surface area contributed by atoms with Crippen molar-refractivity contribution in [1.29, 1.82) is 0 Å². The standard InChI is InChI=1S/C24H34N4O8/c1-13(2)10-18(23(34)28-9-3-4-19(28)24(35)36)27-22(33)17(12-20(30)31)26-21(32)16(25)11-14-5-7-15(29)8-6-14/h5-8,13,16-19,29H,3-4,9-12,25H2,1-2H3,(H,26,32)(H,27,33)(H,30,31)(H,35,36). The van der Waals surface area contributed by atoms with Crippen molar-refractivity contribution in [3.63, 3.8) is 0 Å². The summed E-state index contributed by atoms with van der Waals surface area (Å²) in [6.45, 7) is 3.88. The Hall–Kier alpha value is -3.67. The second-order valence-corrected chi connectivity index (χ2v) is 9.35. The lowest BCUT2D eigenvalue weighted by Crippen LogP contribution is -2.57. The van der Waals surface area contributed by atoms with Crippen molar-refractivity contribution in [3.05, 3.63) is 29.8 Å². The van der Waals surface area contributed by atoms with Gasteiger partial charge in [-0.2, -0.15) is 0 Å². The first kappa shape index (κ1) is 28.6. The molecule has 1 aliphatic heterocycles. The predicted octanol–water partition coefficient (Wildman–Crippen LogP) is -0.172. The Kier molecular flexibility index (Phi) is 10.2. The number of nitrogens with one attached hydrogen (secondary N) is 2. The summed E-state index contributed by atoms with van der Waals surface area (Å²) in [6.07, 6.45) is 0.351. The van der Waals surface area contributed by atoms with Crippen molar-refractivity contribution in [2.24, 2.45) is 11.7 Å². The average Bonchev–Trinajstić information content (AvgIpc) is 3.28. The molecule has 36 heavy (non-hydrogen) atoms. The maximum Gasteiger partial charge on any atom is 0.326 e. The first-order valence-corrected chi connectivity index (χ1v) is 11.8. The lowest BCUT2D eigenvalue weighted by Gasteiger charge is -2.29. The van der Waals surface area contributed by atoms with Crippen molar-refractivity contribution in [2.45, 2.75) is 70.1 Å². The Morgan fingerprint density at radius 2 is 1.64 bits per heavy atom. The Morgan fingerprint density at radius 3 is 2.19 bits per heavy atom. The minimum atomic E-state index is -1.50. The monoisotopic (exact) mass is 506 g/mol. The molecule has 0 radical (unpaired) electrons. The molecule has 3 amide bonds.